The van der Waals surface area contributed by atoms with Gasteiger partial charge in [-0.1, -0.05) is 42.8 Å². The molecule has 0 bridgehead atoms. The quantitative estimate of drug-likeness (QED) is 0.618. The average Bonchev–Trinajstić information content (AvgIpc) is 3.30. The molecule has 1 aromatic carbocycles. The van der Waals surface area contributed by atoms with Crippen LogP contribution in [-0.4, -0.2) is 33.7 Å². The first-order valence-corrected chi connectivity index (χ1v) is 10.1. The van der Waals surface area contributed by atoms with Crippen LogP contribution in [0.15, 0.2) is 47.8 Å². The number of para-hydroxylation sites is 1. The van der Waals surface area contributed by atoms with Gasteiger partial charge in [-0.05, 0) is 37.0 Å². The second kappa shape index (κ2) is 9.17. The fourth-order valence-corrected chi connectivity index (χ4v) is 3.79. The van der Waals surface area contributed by atoms with Crippen LogP contribution in [0.25, 0.3) is 5.69 Å². The van der Waals surface area contributed by atoms with Crippen LogP contribution in [0.5, 0.6) is 0 Å². The van der Waals surface area contributed by atoms with E-state index in [-0.39, 0.29) is 5.91 Å². The Morgan fingerprint density at radius 3 is 2.70 bits per heavy atom. The molecule has 0 aliphatic carbocycles. The number of hydrogen-bond acceptors (Lipinski definition) is 4. The second-order valence-electron chi connectivity index (χ2n) is 6.26. The van der Waals surface area contributed by atoms with E-state index < -0.39 is 0 Å². The minimum atomic E-state index is 0.00877. The fraction of sp³-hybridized carbons (Fsp3) is 0.300. The predicted molar refractivity (Wildman–Crippen MR) is 110 cm³/mol. The van der Waals surface area contributed by atoms with Gasteiger partial charge in [-0.25, -0.2) is 4.68 Å². The lowest BCUT2D eigenvalue weighted by molar-refractivity contribution is -0.122. The molecule has 0 saturated heterocycles. The van der Waals surface area contributed by atoms with Gasteiger partial charge < -0.3 is 5.32 Å². The van der Waals surface area contributed by atoms with Crippen molar-refractivity contribution in [3.05, 3.63) is 69.1 Å². The van der Waals surface area contributed by atoms with E-state index in [1.54, 1.807) is 16.0 Å². The number of hydrogen-bond donors (Lipinski definition) is 1. The van der Waals surface area contributed by atoms with Crippen molar-refractivity contribution in [1.82, 2.24) is 20.0 Å². The molecule has 2 aromatic heterocycles. The average molecular weight is 403 g/mol. The number of nitrogens with one attached hydrogen (secondary N) is 1. The smallest absolute Gasteiger partial charge is 0.234 e. The lowest BCUT2D eigenvalue weighted by Crippen LogP contribution is -2.36. The van der Waals surface area contributed by atoms with Crippen LogP contribution in [0.2, 0.25) is 5.15 Å². The van der Waals surface area contributed by atoms with E-state index in [0.29, 0.717) is 24.8 Å². The highest BCUT2D eigenvalue weighted by Crippen LogP contribution is 2.24. The third kappa shape index (κ3) is 4.97. The lowest BCUT2D eigenvalue weighted by Gasteiger charge is -2.19. The van der Waals surface area contributed by atoms with Gasteiger partial charge in [0.1, 0.15) is 5.15 Å². The Balaban J connectivity index is 1.65. The number of likely N-dealkylation sites (N-methyl/N-ethyl adjacent to an activating group) is 1. The molecule has 0 aliphatic rings. The van der Waals surface area contributed by atoms with E-state index in [1.807, 2.05) is 61.7 Å². The second-order valence-corrected chi connectivity index (χ2v) is 7.65. The van der Waals surface area contributed by atoms with Crippen LogP contribution >= 0.6 is 22.9 Å². The van der Waals surface area contributed by atoms with Crippen LogP contribution < -0.4 is 5.32 Å². The Morgan fingerprint density at radius 2 is 2.04 bits per heavy atom. The van der Waals surface area contributed by atoms with Gasteiger partial charge in [-0.2, -0.15) is 5.10 Å². The summed E-state index contributed by atoms with van der Waals surface area (Å²) >= 11 is 8.25. The van der Waals surface area contributed by atoms with E-state index in [1.165, 1.54) is 0 Å². The number of thiophene rings is 1. The molecule has 0 saturated carbocycles. The van der Waals surface area contributed by atoms with Crippen molar-refractivity contribution in [3.8, 4) is 5.69 Å². The fourth-order valence-electron chi connectivity index (χ4n) is 2.81. The van der Waals surface area contributed by atoms with Crippen molar-refractivity contribution >= 4 is 28.8 Å². The van der Waals surface area contributed by atoms with Crippen LogP contribution in [0.4, 0.5) is 0 Å². The molecule has 0 atom stereocenters. The van der Waals surface area contributed by atoms with Crippen molar-refractivity contribution in [2.75, 3.05) is 13.1 Å². The molecule has 1 N–H and O–H groups in total. The van der Waals surface area contributed by atoms with Crippen LogP contribution in [0.3, 0.4) is 0 Å². The van der Waals surface area contributed by atoms with Gasteiger partial charge in [0.05, 0.1) is 24.5 Å². The monoisotopic (exact) mass is 402 g/mol. The van der Waals surface area contributed by atoms with Gasteiger partial charge in [-0.15, -0.1) is 11.3 Å². The van der Waals surface area contributed by atoms with Crippen LogP contribution in [0.1, 0.15) is 23.1 Å². The number of aryl methyl sites for hydroxylation is 1. The summed E-state index contributed by atoms with van der Waals surface area (Å²) in [4.78, 5) is 15.5. The Bertz CT molecular complexity index is 877. The summed E-state index contributed by atoms with van der Waals surface area (Å²) in [6.45, 7) is 6.22. The summed E-state index contributed by atoms with van der Waals surface area (Å²) in [5, 5.41) is 10.2. The van der Waals surface area contributed by atoms with Crippen LogP contribution in [-0.2, 0) is 17.9 Å². The predicted octanol–water partition coefficient (Wildman–Crippen LogP) is 4.03. The Kier molecular flexibility index (Phi) is 6.66. The number of halogens is 1. The number of rotatable bonds is 8. The maximum Gasteiger partial charge on any atom is 0.234 e. The molecule has 1 amide bonds. The van der Waals surface area contributed by atoms with E-state index in [2.05, 4.69) is 15.3 Å². The van der Waals surface area contributed by atoms with Gasteiger partial charge in [0.15, 0.2) is 0 Å². The Labute approximate surface area is 168 Å². The molecule has 0 fully saturated rings. The Morgan fingerprint density at radius 1 is 1.26 bits per heavy atom. The number of nitrogens with zero attached hydrogens (tertiary/aromatic N) is 3. The first kappa shape index (κ1) is 19.6. The third-order valence-electron chi connectivity index (χ3n) is 4.36. The molecular weight excluding hydrogens is 380 g/mol. The summed E-state index contributed by atoms with van der Waals surface area (Å²) in [5.74, 6) is 0.00877. The minimum absolute atomic E-state index is 0.00877. The molecule has 3 aromatic rings. The number of amides is 1. The van der Waals surface area contributed by atoms with Crippen LogP contribution in [0, 0.1) is 6.92 Å². The highest BCUT2D eigenvalue weighted by Gasteiger charge is 2.18. The first-order valence-electron chi connectivity index (χ1n) is 8.89. The molecular formula is C20H23ClN4OS. The third-order valence-corrected chi connectivity index (χ3v) is 5.62. The van der Waals surface area contributed by atoms with Crippen molar-refractivity contribution in [2.45, 2.75) is 26.9 Å². The largest absolute Gasteiger partial charge is 0.350 e. The Hall–Kier alpha value is -2.15. The number of carbonyl (C=O) groups is 1. The SMILES string of the molecule is CCN(CC(=O)NCc1cccs1)Cc1c(C)nn(-c2ccccc2)c1Cl. The van der Waals surface area contributed by atoms with Crippen molar-refractivity contribution < 1.29 is 4.79 Å². The van der Waals surface area contributed by atoms with Gasteiger partial charge in [0.25, 0.3) is 0 Å². The molecule has 5 nitrogen and oxygen atoms in total. The van der Waals surface area contributed by atoms with Crippen molar-refractivity contribution in [1.29, 1.82) is 0 Å². The molecule has 0 spiro atoms. The molecule has 27 heavy (non-hydrogen) atoms. The molecule has 7 heteroatoms. The minimum Gasteiger partial charge on any atom is -0.350 e. The topological polar surface area (TPSA) is 50.2 Å². The van der Waals surface area contributed by atoms with E-state index in [0.717, 1.165) is 28.4 Å². The van der Waals surface area contributed by atoms with Gasteiger partial charge in [-0.3, -0.25) is 9.69 Å². The number of carbonyl (C=O) groups excluding carboxylic acids is 1. The summed E-state index contributed by atoms with van der Waals surface area (Å²) in [5.41, 5.74) is 2.75. The molecule has 0 radical (unpaired) electrons. The van der Waals surface area contributed by atoms with E-state index in [4.69, 9.17) is 11.6 Å². The van der Waals surface area contributed by atoms with E-state index in [9.17, 15) is 4.79 Å². The van der Waals surface area contributed by atoms with Crippen molar-refractivity contribution in [3.63, 3.8) is 0 Å². The zero-order valence-electron chi connectivity index (χ0n) is 15.5. The zero-order valence-corrected chi connectivity index (χ0v) is 17.1. The molecule has 0 aliphatic heterocycles. The first-order chi connectivity index (χ1) is 13.1. The molecule has 2 heterocycles. The van der Waals surface area contributed by atoms with Gasteiger partial charge in [0, 0.05) is 17.0 Å². The summed E-state index contributed by atoms with van der Waals surface area (Å²) < 4.78 is 1.75. The maximum absolute atomic E-state index is 12.3. The normalized spacial score (nSPS) is 11.1. The molecule has 142 valence electrons. The van der Waals surface area contributed by atoms with Crippen molar-refractivity contribution in [2.24, 2.45) is 0 Å². The zero-order chi connectivity index (χ0) is 19.2. The maximum atomic E-state index is 12.3. The summed E-state index contributed by atoms with van der Waals surface area (Å²) in [6, 6.07) is 13.8. The highest BCUT2D eigenvalue weighted by molar-refractivity contribution is 7.09. The number of aromatic nitrogens is 2. The van der Waals surface area contributed by atoms with E-state index >= 15 is 0 Å². The molecule has 3 rings (SSSR count). The van der Waals surface area contributed by atoms with Gasteiger partial charge in [0.2, 0.25) is 5.91 Å². The standard InChI is InChI=1S/C20H23ClN4OS/c1-3-24(14-19(26)22-12-17-10-7-11-27-17)13-18-15(2)23-25(20(18)21)16-8-5-4-6-9-16/h4-11H,3,12-14H2,1-2H3,(H,22,26). The number of benzene rings is 1. The lowest BCUT2D eigenvalue weighted by atomic mass is 10.2. The highest BCUT2D eigenvalue weighted by atomic mass is 35.5. The van der Waals surface area contributed by atoms with Gasteiger partial charge >= 0.3 is 0 Å². The summed E-state index contributed by atoms with van der Waals surface area (Å²) in [6.07, 6.45) is 0. The summed E-state index contributed by atoms with van der Waals surface area (Å²) in [7, 11) is 0. The molecule has 0 unspecified atom stereocenters.